The molecule has 12 heteroatoms. The zero-order chi connectivity index (χ0) is 28.6. The molecule has 2 heterocycles. The molecule has 0 spiro atoms. The number of aromatic nitrogens is 2. The second-order valence-corrected chi connectivity index (χ2v) is 10.7. The van der Waals surface area contributed by atoms with Crippen LogP contribution in [0.4, 0.5) is 13.2 Å². The van der Waals surface area contributed by atoms with E-state index in [-0.39, 0.29) is 29.4 Å². The van der Waals surface area contributed by atoms with Crippen molar-refractivity contribution >= 4 is 51.4 Å². The van der Waals surface area contributed by atoms with Crippen molar-refractivity contribution in [1.82, 2.24) is 14.7 Å². The van der Waals surface area contributed by atoms with E-state index >= 15 is 0 Å². The van der Waals surface area contributed by atoms with Gasteiger partial charge in [-0.15, -0.1) is 0 Å². The van der Waals surface area contributed by atoms with Gasteiger partial charge >= 0.3 is 6.18 Å². The number of hydrogen-bond acceptors (Lipinski definition) is 6. The number of aromatic hydroxyl groups is 1. The molecule has 5 rings (SSSR count). The molecule has 0 saturated heterocycles. The topological polar surface area (TPSA) is 90.9 Å². The Morgan fingerprint density at radius 3 is 2.60 bits per heavy atom. The molecule has 1 aliphatic heterocycles. The molecular formula is C28H22ClF3N4O3S. The van der Waals surface area contributed by atoms with Gasteiger partial charge in [0.25, 0.3) is 5.91 Å². The van der Waals surface area contributed by atoms with Crippen LogP contribution < -0.4 is 0 Å². The maximum atomic E-state index is 13.5. The highest BCUT2D eigenvalue weighted by Crippen LogP contribution is 2.35. The molecule has 0 bridgehead atoms. The third kappa shape index (κ3) is 6.01. The Bertz CT molecular complexity index is 1650. The number of benzene rings is 3. The summed E-state index contributed by atoms with van der Waals surface area (Å²) < 4.78 is 42.0. The van der Waals surface area contributed by atoms with Gasteiger partial charge in [0.2, 0.25) is 0 Å². The fourth-order valence-electron chi connectivity index (χ4n) is 4.29. The van der Waals surface area contributed by atoms with E-state index in [0.717, 1.165) is 6.07 Å². The molecular weight excluding hydrogens is 565 g/mol. The van der Waals surface area contributed by atoms with Gasteiger partial charge in [0, 0.05) is 24.0 Å². The summed E-state index contributed by atoms with van der Waals surface area (Å²) in [7, 11) is 1.72. The number of halogens is 4. The van der Waals surface area contributed by atoms with Crippen LogP contribution >= 0.6 is 23.4 Å². The maximum Gasteiger partial charge on any atom is 0.416 e. The average molecular weight is 587 g/mol. The highest BCUT2D eigenvalue weighted by atomic mass is 35.5. The molecule has 0 fully saturated rings. The van der Waals surface area contributed by atoms with Gasteiger partial charge in [-0.25, -0.2) is 0 Å². The molecule has 0 aliphatic carbocycles. The Kier molecular flexibility index (Phi) is 7.63. The van der Waals surface area contributed by atoms with Gasteiger partial charge < -0.3 is 15.1 Å². The number of carbonyl (C=O) groups is 1. The van der Waals surface area contributed by atoms with Crippen LogP contribution in [0.1, 0.15) is 28.4 Å². The number of hydrogen-bond donors (Lipinski definition) is 2. The Morgan fingerprint density at radius 2 is 1.88 bits per heavy atom. The van der Waals surface area contributed by atoms with Crippen LogP contribution in [0.5, 0.6) is 5.75 Å². The highest BCUT2D eigenvalue weighted by molar-refractivity contribution is 8.18. The van der Waals surface area contributed by atoms with Gasteiger partial charge in [0.15, 0.2) is 5.17 Å². The van der Waals surface area contributed by atoms with Gasteiger partial charge in [-0.1, -0.05) is 35.9 Å². The summed E-state index contributed by atoms with van der Waals surface area (Å²) in [5, 5.41) is 25.4. The number of aliphatic hydroxyl groups excluding tert-OH is 1. The quantitative estimate of drug-likeness (QED) is 0.265. The molecule has 4 aromatic rings. The fourth-order valence-corrected chi connectivity index (χ4v) is 5.34. The molecule has 0 unspecified atom stereocenters. The number of amides is 1. The first-order valence-corrected chi connectivity index (χ1v) is 13.2. The average Bonchev–Trinajstić information content (AvgIpc) is 3.47. The van der Waals surface area contributed by atoms with Crippen molar-refractivity contribution in [2.75, 3.05) is 13.6 Å². The van der Waals surface area contributed by atoms with E-state index in [1.807, 2.05) is 0 Å². The highest BCUT2D eigenvalue weighted by Gasteiger charge is 2.33. The van der Waals surface area contributed by atoms with E-state index in [1.165, 1.54) is 40.7 Å². The number of aliphatic imine (C=N–C) groups is 1. The molecule has 0 radical (unpaired) electrons. The summed E-state index contributed by atoms with van der Waals surface area (Å²) in [6, 6.07) is 15.2. The monoisotopic (exact) mass is 586 g/mol. The third-order valence-corrected chi connectivity index (χ3v) is 7.65. The molecule has 1 aliphatic rings. The molecule has 1 amide bonds. The molecule has 40 heavy (non-hydrogen) atoms. The molecule has 1 aromatic heterocycles. The molecule has 206 valence electrons. The minimum atomic E-state index is -4.55. The number of phenols is 1. The summed E-state index contributed by atoms with van der Waals surface area (Å²) in [6.45, 7) is 0.0931. The van der Waals surface area contributed by atoms with Crippen LogP contribution in [0, 0.1) is 0 Å². The van der Waals surface area contributed by atoms with E-state index in [0.29, 0.717) is 32.1 Å². The van der Waals surface area contributed by atoms with Gasteiger partial charge in [0.05, 0.1) is 34.8 Å². The van der Waals surface area contributed by atoms with Crippen molar-refractivity contribution < 1.29 is 28.2 Å². The van der Waals surface area contributed by atoms with Crippen LogP contribution in [0.3, 0.4) is 0 Å². The molecule has 1 atom stereocenters. The predicted octanol–water partition coefficient (Wildman–Crippen LogP) is 6.10. The molecule has 7 nitrogen and oxygen atoms in total. The second kappa shape index (κ2) is 11.0. The van der Waals surface area contributed by atoms with Crippen molar-refractivity contribution in [2.45, 2.75) is 18.8 Å². The normalized spacial score (nSPS) is 15.6. The van der Waals surface area contributed by atoms with Crippen LogP contribution in [0.25, 0.3) is 17.0 Å². The largest absolute Gasteiger partial charge is 0.508 e. The number of nitrogens with zero attached hydrogens (tertiary/aromatic N) is 4. The van der Waals surface area contributed by atoms with Crippen LogP contribution in [-0.4, -0.2) is 49.6 Å². The van der Waals surface area contributed by atoms with Crippen LogP contribution in [0.2, 0.25) is 5.02 Å². The molecule has 3 aromatic carbocycles. The van der Waals surface area contributed by atoms with Gasteiger partial charge in [-0.2, -0.15) is 23.3 Å². The summed E-state index contributed by atoms with van der Waals surface area (Å²) >= 11 is 6.97. The van der Waals surface area contributed by atoms with Crippen molar-refractivity contribution in [3.63, 3.8) is 0 Å². The minimum absolute atomic E-state index is 0.00487. The smallest absolute Gasteiger partial charge is 0.416 e. The first-order valence-electron chi connectivity index (χ1n) is 12.0. The Hall–Kier alpha value is -3.80. The number of alkyl halides is 3. The van der Waals surface area contributed by atoms with Gasteiger partial charge in [-0.05, 0) is 70.9 Å². The van der Waals surface area contributed by atoms with Crippen LogP contribution in [0.15, 0.2) is 76.8 Å². The minimum Gasteiger partial charge on any atom is -0.508 e. The van der Waals surface area contributed by atoms with Crippen molar-refractivity contribution in [3.8, 4) is 5.75 Å². The SMILES string of the molecule is CN(C[C@H](O)c1ccc(O)cc1)C1=NC(=O)C(=Cc2ccc3c(cnn3Cc3ccc(Cl)cc3C(F)(F)F)c2)S1. The molecule has 2 N–H and O–H groups in total. The number of rotatable bonds is 6. The second-order valence-electron chi connectivity index (χ2n) is 9.22. The van der Waals surface area contributed by atoms with Gasteiger partial charge in [0.1, 0.15) is 5.75 Å². The summed E-state index contributed by atoms with van der Waals surface area (Å²) in [6.07, 6.45) is -2.15. The number of thioether (sulfide) groups is 1. The Balaban J connectivity index is 1.30. The zero-order valence-corrected chi connectivity index (χ0v) is 22.5. The zero-order valence-electron chi connectivity index (χ0n) is 20.9. The van der Waals surface area contributed by atoms with E-state index in [9.17, 15) is 28.2 Å². The first kappa shape index (κ1) is 27.8. The number of fused-ring (bicyclic) bond motifs is 1. The lowest BCUT2D eigenvalue weighted by atomic mass is 10.1. The third-order valence-electron chi connectivity index (χ3n) is 6.32. The summed E-state index contributed by atoms with van der Waals surface area (Å²) in [4.78, 5) is 18.8. The van der Waals surface area contributed by atoms with Crippen LogP contribution in [-0.2, 0) is 17.5 Å². The number of amidine groups is 1. The number of aliphatic hydroxyl groups is 1. The van der Waals surface area contributed by atoms with Crippen molar-refractivity contribution in [1.29, 1.82) is 0 Å². The standard InChI is InChI=1S/C28H22ClF3N4O3S/c1-35(15-24(38)17-4-7-21(37)8-5-17)27-34-26(39)25(40-27)11-16-2-9-23-19(10-16)13-33-36(23)14-18-3-6-20(29)12-22(18)28(30,31)32/h2-13,24,37-38H,14-15H2,1H3/t24-/m0/s1. The summed E-state index contributed by atoms with van der Waals surface area (Å²) in [5.74, 6) is -0.313. The number of likely N-dealkylation sites (N-methyl/N-ethyl adjacent to an activating group) is 1. The van der Waals surface area contributed by atoms with Crippen molar-refractivity contribution in [3.05, 3.63) is 99.0 Å². The first-order chi connectivity index (χ1) is 19.0. The van der Waals surface area contributed by atoms with Crippen molar-refractivity contribution in [2.24, 2.45) is 4.99 Å². The fraction of sp³-hybridized carbons (Fsp3) is 0.179. The Morgan fingerprint density at radius 1 is 1.12 bits per heavy atom. The summed E-state index contributed by atoms with van der Waals surface area (Å²) in [5.41, 5.74) is 1.20. The number of phenolic OH excluding ortho intramolecular Hbond substituents is 1. The van der Waals surface area contributed by atoms with E-state index in [1.54, 1.807) is 54.6 Å². The Labute approximate surface area is 236 Å². The lowest BCUT2D eigenvalue weighted by Gasteiger charge is -2.21. The lowest BCUT2D eigenvalue weighted by Crippen LogP contribution is -2.28. The van der Waals surface area contributed by atoms with Gasteiger partial charge in [-0.3, -0.25) is 9.48 Å². The maximum absolute atomic E-state index is 13.5. The lowest BCUT2D eigenvalue weighted by molar-refractivity contribution is -0.138. The predicted molar refractivity (Wildman–Crippen MR) is 149 cm³/mol. The van der Waals surface area contributed by atoms with E-state index in [2.05, 4.69) is 10.1 Å². The van der Waals surface area contributed by atoms with E-state index < -0.39 is 23.8 Å². The molecule has 0 saturated carbocycles. The number of carbonyl (C=O) groups excluding carboxylic acids is 1. The van der Waals surface area contributed by atoms with E-state index in [4.69, 9.17) is 11.6 Å².